The van der Waals surface area contributed by atoms with Gasteiger partial charge in [0.15, 0.2) is 11.5 Å². The molecule has 2 unspecified atom stereocenters. The first kappa shape index (κ1) is 13.2. The first-order chi connectivity index (χ1) is 9.66. The van der Waals surface area contributed by atoms with Crippen LogP contribution in [0.4, 0.5) is 0 Å². The molecule has 0 spiro atoms. The standard InChI is InChI=1S/C15H19NO4/c17-12-6-5-10(9-13(12)18)15(19)16-7-8-20-14-4-2-1-3-11(14)16/h5-6,9,11,14,17-18H,1-4,7-8H2. The van der Waals surface area contributed by atoms with Gasteiger partial charge >= 0.3 is 0 Å². The lowest BCUT2D eigenvalue weighted by Crippen LogP contribution is -2.54. The van der Waals surface area contributed by atoms with E-state index in [4.69, 9.17) is 4.74 Å². The molecule has 1 aliphatic carbocycles. The van der Waals surface area contributed by atoms with E-state index >= 15 is 0 Å². The third-order valence-electron chi connectivity index (χ3n) is 4.22. The molecular formula is C15H19NO4. The first-order valence-corrected chi connectivity index (χ1v) is 7.11. The Balaban J connectivity index is 1.83. The predicted molar refractivity (Wildman–Crippen MR) is 72.8 cm³/mol. The lowest BCUT2D eigenvalue weighted by atomic mass is 9.89. The summed E-state index contributed by atoms with van der Waals surface area (Å²) >= 11 is 0. The van der Waals surface area contributed by atoms with Gasteiger partial charge in [-0.05, 0) is 31.0 Å². The molecule has 1 aliphatic heterocycles. The van der Waals surface area contributed by atoms with Gasteiger partial charge in [-0.1, -0.05) is 12.8 Å². The van der Waals surface area contributed by atoms with E-state index in [1.165, 1.54) is 12.1 Å². The van der Waals surface area contributed by atoms with Gasteiger partial charge in [0.25, 0.3) is 5.91 Å². The zero-order chi connectivity index (χ0) is 14.1. The summed E-state index contributed by atoms with van der Waals surface area (Å²) in [6.45, 7) is 1.15. The summed E-state index contributed by atoms with van der Waals surface area (Å²) in [5.74, 6) is -0.566. The van der Waals surface area contributed by atoms with E-state index < -0.39 is 0 Å². The number of hydrogen-bond donors (Lipinski definition) is 2. The van der Waals surface area contributed by atoms with Gasteiger partial charge in [-0.2, -0.15) is 0 Å². The highest BCUT2D eigenvalue weighted by atomic mass is 16.5. The van der Waals surface area contributed by atoms with Crippen LogP contribution in [0, 0.1) is 0 Å². The maximum atomic E-state index is 12.6. The van der Waals surface area contributed by atoms with Crippen LogP contribution < -0.4 is 0 Å². The monoisotopic (exact) mass is 277 g/mol. The van der Waals surface area contributed by atoms with E-state index in [-0.39, 0.29) is 29.6 Å². The second-order valence-corrected chi connectivity index (χ2v) is 5.46. The quantitative estimate of drug-likeness (QED) is 0.769. The minimum atomic E-state index is -0.260. The molecule has 2 aliphatic rings. The van der Waals surface area contributed by atoms with Crippen LogP contribution in [0.3, 0.4) is 0 Å². The van der Waals surface area contributed by atoms with Gasteiger partial charge in [-0.15, -0.1) is 0 Å². The first-order valence-electron chi connectivity index (χ1n) is 7.11. The van der Waals surface area contributed by atoms with Crippen LogP contribution in [0.25, 0.3) is 0 Å². The molecule has 20 heavy (non-hydrogen) atoms. The highest BCUT2D eigenvalue weighted by molar-refractivity contribution is 5.95. The van der Waals surface area contributed by atoms with Crippen molar-refractivity contribution in [3.05, 3.63) is 23.8 Å². The van der Waals surface area contributed by atoms with Crippen molar-refractivity contribution >= 4 is 5.91 Å². The molecule has 0 radical (unpaired) electrons. The molecule has 5 nitrogen and oxygen atoms in total. The molecule has 2 fully saturated rings. The number of nitrogens with zero attached hydrogens (tertiary/aromatic N) is 1. The van der Waals surface area contributed by atoms with Gasteiger partial charge in [0.05, 0.1) is 18.8 Å². The lowest BCUT2D eigenvalue weighted by molar-refractivity contribution is -0.0752. The van der Waals surface area contributed by atoms with Crippen molar-refractivity contribution in [3.8, 4) is 11.5 Å². The third-order valence-corrected chi connectivity index (χ3v) is 4.22. The zero-order valence-electron chi connectivity index (χ0n) is 11.3. The number of amides is 1. The minimum absolute atomic E-state index is 0.0968. The summed E-state index contributed by atoms with van der Waals surface area (Å²) in [5, 5.41) is 18.9. The molecule has 2 N–H and O–H groups in total. The number of benzene rings is 1. The largest absolute Gasteiger partial charge is 0.504 e. The van der Waals surface area contributed by atoms with Crippen LogP contribution in [0.5, 0.6) is 11.5 Å². The van der Waals surface area contributed by atoms with E-state index in [9.17, 15) is 15.0 Å². The number of phenolic OH excluding ortho intramolecular Hbond substituents is 2. The summed E-state index contributed by atoms with van der Waals surface area (Å²) in [6, 6.07) is 4.36. The molecule has 108 valence electrons. The Bertz CT molecular complexity index is 515. The number of fused-ring (bicyclic) bond motifs is 1. The zero-order valence-corrected chi connectivity index (χ0v) is 11.3. The van der Waals surface area contributed by atoms with Crippen LogP contribution in [0.2, 0.25) is 0 Å². The van der Waals surface area contributed by atoms with Crippen molar-refractivity contribution in [1.29, 1.82) is 0 Å². The molecule has 5 heteroatoms. The van der Waals surface area contributed by atoms with Gasteiger partial charge in [-0.25, -0.2) is 0 Å². The van der Waals surface area contributed by atoms with Gasteiger partial charge < -0.3 is 19.8 Å². The number of ether oxygens (including phenoxy) is 1. The number of hydrogen-bond acceptors (Lipinski definition) is 4. The van der Waals surface area contributed by atoms with Crippen LogP contribution in [0.1, 0.15) is 36.0 Å². The molecule has 1 aromatic rings. The second-order valence-electron chi connectivity index (χ2n) is 5.46. The molecule has 1 amide bonds. The summed E-state index contributed by atoms with van der Waals surface area (Å²) < 4.78 is 5.76. The van der Waals surface area contributed by atoms with Gasteiger partial charge in [0, 0.05) is 12.1 Å². The van der Waals surface area contributed by atoms with Crippen molar-refractivity contribution in [2.24, 2.45) is 0 Å². The molecule has 1 saturated carbocycles. The topological polar surface area (TPSA) is 70.0 Å². The molecule has 0 bridgehead atoms. The fourth-order valence-corrected chi connectivity index (χ4v) is 3.17. The summed E-state index contributed by atoms with van der Waals surface area (Å²) in [6.07, 6.45) is 4.40. The lowest BCUT2D eigenvalue weighted by Gasteiger charge is -2.43. The van der Waals surface area contributed by atoms with Gasteiger partial charge in [0.2, 0.25) is 0 Å². The van der Waals surface area contributed by atoms with E-state index in [1.54, 1.807) is 6.07 Å². The van der Waals surface area contributed by atoms with Crippen LogP contribution in [-0.4, -0.2) is 46.3 Å². The van der Waals surface area contributed by atoms with E-state index in [2.05, 4.69) is 0 Å². The highest BCUT2D eigenvalue weighted by Crippen LogP contribution is 2.31. The average Bonchev–Trinajstić information content (AvgIpc) is 2.49. The van der Waals surface area contributed by atoms with E-state index in [0.717, 1.165) is 25.7 Å². The number of carbonyl (C=O) groups excluding carboxylic acids is 1. The van der Waals surface area contributed by atoms with Crippen LogP contribution in [-0.2, 0) is 4.74 Å². The number of rotatable bonds is 1. The van der Waals surface area contributed by atoms with Gasteiger partial charge in [-0.3, -0.25) is 4.79 Å². The average molecular weight is 277 g/mol. The molecule has 3 rings (SSSR count). The Morgan fingerprint density at radius 3 is 2.80 bits per heavy atom. The summed E-state index contributed by atoms with van der Waals surface area (Å²) in [5.41, 5.74) is 0.409. The highest BCUT2D eigenvalue weighted by Gasteiger charge is 2.37. The number of morpholine rings is 1. The normalized spacial score (nSPS) is 26.1. The van der Waals surface area contributed by atoms with Crippen molar-refractivity contribution in [1.82, 2.24) is 4.90 Å². The smallest absolute Gasteiger partial charge is 0.254 e. The molecule has 1 heterocycles. The fourth-order valence-electron chi connectivity index (χ4n) is 3.17. The molecule has 2 atom stereocenters. The second kappa shape index (κ2) is 5.32. The number of phenols is 2. The van der Waals surface area contributed by atoms with Crippen molar-refractivity contribution in [3.63, 3.8) is 0 Å². The number of aromatic hydroxyl groups is 2. The molecule has 0 aromatic heterocycles. The minimum Gasteiger partial charge on any atom is -0.504 e. The Kier molecular flexibility index (Phi) is 3.53. The molecular weight excluding hydrogens is 258 g/mol. The Labute approximate surface area is 117 Å². The fraction of sp³-hybridized carbons (Fsp3) is 0.533. The van der Waals surface area contributed by atoms with Crippen molar-refractivity contribution in [2.45, 2.75) is 37.8 Å². The maximum absolute atomic E-state index is 12.6. The van der Waals surface area contributed by atoms with E-state index in [0.29, 0.717) is 18.7 Å². The van der Waals surface area contributed by atoms with Crippen LogP contribution >= 0.6 is 0 Å². The van der Waals surface area contributed by atoms with Gasteiger partial charge in [0.1, 0.15) is 0 Å². The number of carbonyl (C=O) groups is 1. The Morgan fingerprint density at radius 1 is 1.20 bits per heavy atom. The summed E-state index contributed by atoms with van der Waals surface area (Å²) in [4.78, 5) is 14.5. The predicted octanol–water partition coefficient (Wildman–Crippen LogP) is 1.88. The third kappa shape index (κ3) is 2.33. The molecule has 1 saturated heterocycles. The van der Waals surface area contributed by atoms with Crippen molar-refractivity contribution < 1.29 is 19.7 Å². The van der Waals surface area contributed by atoms with Crippen LogP contribution in [0.15, 0.2) is 18.2 Å². The van der Waals surface area contributed by atoms with Crippen molar-refractivity contribution in [2.75, 3.05) is 13.2 Å². The Morgan fingerprint density at radius 2 is 2.00 bits per heavy atom. The Hall–Kier alpha value is -1.75. The van der Waals surface area contributed by atoms with E-state index in [1.807, 2.05) is 4.90 Å². The molecule has 1 aromatic carbocycles. The summed E-state index contributed by atoms with van der Waals surface area (Å²) in [7, 11) is 0. The maximum Gasteiger partial charge on any atom is 0.254 e. The SMILES string of the molecule is O=C(c1ccc(O)c(O)c1)N1CCOC2CCCCC21.